The van der Waals surface area contributed by atoms with Gasteiger partial charge in [0.1, 0.15) is 12.6 Å². The summed E-state index contributed by atoms with van der Waals surface area (Å²) < 4.78 is 7.86. The SMILES string of the molecule is Cc1nnc(-c2ccc(NCC3(C#N)CC3)c(N)c2)n1COCC[Si](C)(C)C. The van der Waals surface area contributed by atoms with Gasteiger partial charge in [0.2, 0.25) is 0 Å². The Morgan fingerprint density at radius 1 is 1.32 bits per heavy atom. The Kier molecular flexibility index (Phi) is 5.77. The van der Waals surface area contributed by atoms with Gasteiger partial charge in [-0.15, -0.1) is 10.2 Å². The molecule has 1 aliphatic rings. The number of aromatic nitrogens is 3. The predicted octanol–water partition coefficient (Wildman–Crippen LogP) is 3.86. The van der Waals surface area contributed by atoms with Crippen LogP contribution in [0.5, 0.6) is 0 Å². The summed E-state index contributed by atoms with van der Waals surface area (Å²) in [6.45, 7) is 10.8. The lowest BCUT2D eigenvalue weighted by molar-refractivity contribution is 0.0867. The number of benzene rings is 1. The molecule has 0 aliphatic heterocycles. The summed E-state index contributed by atoms with van der Waals surface area (Å²) in [7, 11) is -1.11. The third-order valence-electron chi connectivity index (χ3n) is 5.17. The number of nitriles is 1. The van der Waals surface area contributed by atoms with Crippen LogP contribution in [-0.2, 0) is 11.5 Å². The van der Waals surface area contributed by atoms with E-state index in [-0.39, 0.29) is 5.41 Å². The Hall–Kier alpha value is -2.37. The average molecular weight is 399 g/mol. The van der Waals surface area contributed by atoms with Crippen molar-refractivity contribution >= 4 is 19.4 Å². The average Bonchev–Trinajstić information content (AvgIpc) is 3.33. The van der Waals surface area contributed by atoms with E-state index in [1.807, 2.05) is 29.7 Å². The highest BCUT2D eigenvalue weighted by Gasteiger charge is 2.42. The molecule has 28 heavy (non-hydrogen) atoms. The van der Waals surface area contributed by atoms with Crippen LogP contribution in [0.2, 0.25) is 25.7 Å². The zero-order valence-electron chi connectivity index (χ0n) is 17.2. The van der Waals surface area contributed by atoms with Gasteiger partial charge in [-0.25, -0.2) is 0 Å². The standard InChI is InChI=1S/C20H30N6OSi/c1-15-24-25-19(26(15)14-27-9-10-28(2,3)4)16-5-6-18(17(22)11-16)23-13-20(12-21)7-8-20/h5-6,11,23H,7-10,13-14,22H2,1-4H3. The molecule has 1 aliphatic carbocycles. The van der Waals surface area contributed by atoms with Gasteiger partial charge in [0.05, 0.1) is 22.9 Å². The van der Waals surface area contributed by atoms with Gasteiger partial charge in [0.15, 0.2) is 5.82 Å². The zero-order chi connectivity index (χ0) is 20.4. The number of rotatable bonds is 9. The van der Waals surface area contributed by atoms with Gasteiger partial charge >= 0.3 is 0 Å². The molecular formula is C20H30N6OSi. The molecular weight excluding hydrogens is 368 g/mol. The molecule has 0 amide bonds. The molecule has 3 N–H and O–H groups in total. The van der Waals surface area contributed by atoms with Gasteiger partial charge in [0, 0.05) is 26.8 Å². The van der Waals surface area contributed by atoms with Crippen LogP contribution in [0.1, 0.15) is 18.7 Å². The van der Waals surface area contributed by atoms with Crippen LogP contribution in [0, 0.1) is 23.7 Å². The molecule has 3 rings (SSSR count). The summed E-state index contributed by atoms with van der Waals surface area (Å²) in [4.78, 5) is 0. The van der Waals surface area contributed by atoms with E-state index in [1.54, 1.807) is 0 Å². The molecule has 8 heteroatoms. The van der Waals surface area contributed by atoms with E-state index in [9.17, 15) is 5.26 Å². The van der Waals surface area contributed by atoms with Crippen molar-refractivity contribution in [3.63, 3.8) is 0 Å². The van der Waals surface area contributed by atoms with Crippen molar-refractivity contribution in [3.05, 3.63) is 24.0 Å². The fraction of sp³-hybridized carbons (Fsp3) is 0.550. The first-order chi connectivity index (χ1) is 13.2. The lowest BCUT2D eigenvalue weighted by Crippen LogP contribution is -2.22. The van der Waals surface area contributed by atoms with Crippen LogP contribution in [-0.4, -0.2) is 36.0 Å². The van der Waals surface area contributed by atoms with E-state index >= 15 is 0 Å². The maximum atomic E-state index is 9.21. The second-order valence-corrected chi connectivity index (χ2v) is 14.5. The Morgan fingerprint density at radius 2 is 2.07 bits per heavy atom. The molecule has 150 valence electrons. The minimum atomic E-state index is -1.11. The number of hydrogen-bond acceptors (Lipinski definition) is 6. The van der Waals surface area contributed by atoms with Crippen molar-refractivity contribution in [2.24, 2.45) is 5.41 Å². The van der Waals surface area contributed by atoms with Gasteiger partial charge in [-0.05, 0) is 44.0 Å². The highest BCUT2D eigenvalue weighted by atomic mass is 28.3. The van der Waals surface area contributed by atoms with Gasteiger partial charge in [-0.2, -0.15) is 5.26 Å². The van der Waals surface area contributed by atoms with Gasteiger partial charge in [-0.3, -0.25) is 4.57 Å². The number of hydrogen-bond donors (Lipinski definition) is 2. The highest BCUT2D eigenvalue weighted by molar-refractivity contribution is 6.76. The van der Waals surface area contributed by atoms with E-state index in [0.717, 1.165) is 48.4 Å². The summed E-state index contributed by atoms with van der Waals surface area (Å²) in [6.07, 6.45) is 1.91. The van der Waals surface area contributed by atoms with Crippen molar-refractivity contribution in [1.82, 2.24) is 14.8 Å². The Labute approximate surface area is 167 Å². The molecule has 1 saturated carbocycles. The molecule has 1 heterocycles. The molecule has 1 aromatic carbocycles. The Bertz CT molecular complexity index is 876. The molecule has 1 aromatic heterocycles. The summed E-state index contributed by atoms with van der Waals surface area (Å²) in [6, 6.07) is 9.33. The van der Waals surface area contributed by atoms with Crippen molar-refractivity contribution < 1.29 is 4.74 Å². The summed E-state index contributed by atoms with van der Waals surface area (Å²) >= 11 is 0. The number of ether oxygens (including phenoxy) is 1. The van der Waals surface area contributed by atoms with Crippen LogP contribution in [0.3, 0.4) is 0 Å². The normalized spacial score (nSPS) is 15.2. The fourth-order valence-electron chi connectivity index (χ4n) is 2.89. The number of nitrogen functional groups attached to an aromatic ring is 1. The first-order valence-electron chi connectivity index (χ1n) is 9.76. The van der Waals surface area contributed by atoms with E-state index in [0.29, 0.717) is 19.0 Å². The van der Waals surface area contributed by atoms with Crippen molar-refractivity contribution in [3.8, 4) is 17.5 Å². The smallest absolute Gasteiger partial charge is 0.165 e. The Morgan fingerprint density at radius 3 is 2.68 bits per heavy atom. The third kappa shape index (κ3) is 4.91. The summed E-state index contributed by atoms with van der Waals surface area (Å²) in [5.41, 5.74) is 8.42. The first kappa shape index (κ1) is 20.4. The Balaban J connectivity index is 1.68. The molecule has 0 bridgehead atoms. The van der Waals surface area contributed by atoms with Crippen LogP contribution in [0.4, 0.5) is 11.4 Å². The number of nitrogens with two attached hydrogens (primary N) is 1. The first-order valence-corrected chi connectivity index (χ1v) is 13.5. The van der Waals surface area contributed by atoms with E-state index in [2.05, 4.69) is 41.2 Å². The van der Waals surface area contributed by atoms with Crippen LogP contribution < -0.4 is 11.1 Å². The van der Waals surface area contributed by atoms with Crippen LogP contribution in [0.15, 0.2) is 18.2 Å². The topological polar surface area (TPSA) is 102 Å². The second kappa shape index (κ2) is 7.93. The minimum absolute atomic E-state index is 0.213. The maximum absolute atomic E-state index is 9.21. The minimum Gasteiger partial charge on any atom is -0.397 e. The molecule has 7 nitrogen and oxygen atoms in total. The molecule has 0 atom stereocenters. The lowest BCUT2D eigenvalue weighted by atomic mass is 10.1. The molecule has 0 radical (unpaired) electrons. The second-order valence-electron chi connectivity index (χ2n) is 8.89. The van der Waals surface area contributed by atoms with Gasteiger partial charge in [0.25, 0.3) is 0 Å². The number of nitrogens with zero attached hydrogens (tertiary/aromatic N) is 4. The lowest BCUT2D eigenvalue weighted by Gasteiger charge is -2.16. The maximum Gasteiger partial charge on any atom is 0.165 e. The molecule has 1 fully saturated rings. The number of aryl methyl sites for hydroxylation is 1. The molecule has 0 unspecified atom stereocenters. The monoisotopic (exact) mass is 398 g/mol. The van der Waals surface area contributed by atoms with Crippen LogP contribution >= 0.6 is 0 Å². The van der Waals surface area contributed by atoms with Crippen molar-refractivity contribution in [1.29, 1.82) is 5.26 Å². The molecule has 2 aromatic rings. The van der Waals surface area contributed by atoms with Crippen molar-refractivity contribution in [2.45, 2.75) is 52.2 Å². The predicted molar refractivity (Wildman–Crippen MR) is 114 cm³/mol. The third-order valence-corrected chi connectivity index (χ3v) is 6.87. The fourth-order valence-corrected chi connectivity index (χ4v) is 3.65. The molecule has 0 saturated heterocycles. The van der Waals surface area contributed by atoms with Crippen molar-refractivity contribution in [2.75, 3.05) is 24.2 Å². The largest absolute Gasteiger partial charge is 0.397 e. The number of nitrogens with one attached hydrogen (secondary N) is 1. The summed E-state index contributed by atoms with van der Waals surface area (Å²) in [5.74, 6) is 1.56. The van der Waals surface area contributed by atoms with E-state index in [4.69, 9.17) is 10.5 Å². The van der Waals surface area contributed by atoms with Gasteiger partial charge < -0.3 is 15.8 Å². The quantitative estimate of drug-likeness (QED) is 0.378. The molecule has 0 spiro atoms. The van der Waals surface area contributed by atoms with Gasteiger partial charge in [-0.1, -0.05) is 19.6 Å². The zero-order valence-corrected chi connectivity index (χ0v) is 18.2. The van der Waals surface area contributed by atoms with E-state index in [1.165, 1.54) is 0 Å². The summed E-state index contributed by atoms with van der Waals surface area (Å²) in [5, 5.41) is 21.0. The number of anilines is 2. The van der Waals surface area contributed by atoms with E-state index < -0.39 is 8.07 Å². The van der Waals surface area contributed by atoms with Crippen LogP contribution in [0.25, 0.3) is 11.4 Å². The highest BCUT2D eigenvalue weighted by Crippen LogP contribution is 2.45.